The van der Waals surface area contributed by atoms with Gasteiger partial charge in [0.05, 0.1) is 43.2 Å². The van der Waals surface area contributed by atoms with Crippen LogP contribution in [0.2, 0.25) is 0 Å². The lowest BCUT2D eigenvalue weighted by atomic mass is 9.32. The third-order valence-electron chi connectivity index (χ3n) is 20.4. The van der Waals surface area contributed by atoms with Gasteiger partial charge in [-0.25, -0.2) is 13.2 Å². The molecule has 13 nitrogen and oxygen atoms in total. The zero-order chi connectivity index (χ0) is 47.5. The van der Waals surface area contributed by atoms with Crippen molar-refractivity contribution in [3.05, 3.63) is 12.2 Å². The van der Waals surface area contributed by atoms with Crippen LogP contribution < -0.4 is 10.6 Å². The standard InChI is InChI=1S/C51H85N3O10S/c1-32(2)34-14-19-51(52-31-38(54-22-28-65(59,60)29-23-54)33(3)53-45(58)63-27-26-62-25-24-61-11)21-20-49(9)35(42(34)51)12-13-40-48(8)17-16-41(47(6,7)39(48)15-18-50(40,49)10)64-44(57)37-30-36(43(55)56)46(37,4)5/h33-42,52H,1,12-31H2,2-11H3,(H,53,58)(H,55,56)/t33-,34+,35-,36+,37-,38-,39+,40-,41+,42-,48+,49-,50-,51+/m1/s1. The van der Waals surface area contributed by atoms with Gasteiger partial charge in [-0.1, -0.05) is 60.6 Å². The Labute approximate surface area is 390 Å². The first-order valence-electron chi connectivity index (χ1n) is 25.2. The van der Waals surface area contributed by atoms with Crippen LogP contribution in [-0.2, 0) is 38.4 Å². The zero-order valence-corrected chi connectivity index (χ0v) is 42.4. The van der Waals surface area contributed by atoms with Gasteiger partial charge in [0.2, 0.25) is 0 Å². The summed E-state index contributed by atoms with van der Waals surface area (Å²) in [7, 11) is -1.49. The van der Waals surface area contributed by atoms with Gasteiger partial charge in [0.15, 0.2) is 9.84 Å². The first kappa shape index (κ1) is 50.6. The van der Waals surface area contributed by atoms with Gasteiger partial charge >= 0.3 is 18.0 Å². The Morgan fingerprint density at radius 2 is 1.51 bits per heavy atom. The van der Waals surface area contributed by atoms with Crippen LogP contribution in [0.1, 0.15) is 133 Å². The molecule has 1 heterocycles. The molecule has 3 N–H and O–H groups in total. The molecule has 0 aromatic carbocycles. The minimum absolute atomic E-state index is 0.0958. The molecule has 0 unspecified atom stereocenters. The number of alkyl carbamates (subject to hydrolysis) is 1. The van der Waals surface area contributed by atoms with Crippen LogP contribution in [0.5, 0.6) is 0 Å². The van der Waals surface area contributed by atoms with E-state index in [4.69, 9.17) is 18.9 Å². The van der Waals surface area contributed by atoms with E-state index in [1.165, 1.54) is 18.4 Å². The molecule has 1 aliphatic heterocycles. The number of amides is 1. The van der Waals surface area contributed by atoms with Crippen molar-refractivity contribution in [3.63, 3.8) is 0 Å². The van der Waals surface area contributed by atoms with Crippen molar-refractivity contribution in [3.8, 4) is 0 Å². The number of methoxy groups -OCH3 is 1. The Bertz CT molecular complexity index is 1890. The summed E-state index contributed by atoms with van der Waals surface area (Å²) in [5.74, 6) is 0.558. The van der Waals surface area contributed by atoms with E-state index in [2.05, 4.69) is 63.7 Å². The average Bonchev–Trinajstić information content (AvgIpc) is 3.60. The van der Waals surface area contributed by atoms with E-state index in [0.29, 0.717) is 68.9 Å². The molecular formula is C51H85N3O10S. The Kier molecular flexibility index (Phi) is 14.5. The number of allylic oxidation sites excluding steroid dienone is 1. The zero-order valence-electron chi connectivity index (χ0n) is 41.6. The Morgan fingerprint density at radius 3 is 2.15 bits per heavy atom. The van der Waals surface area contributed by atoms with Crippen LogP contribution in [0.15, 0.2) is 12.2 Å². The maximum Gasteiger partial charge on any atom is 0.407 e. The van der Waals surface area contributed by atoms with Crippen LogP contribution in [0, 0.1) is 68.5 Å². The van der Waals surface area contributed by atoms with Gasteiger partial charge in [-0.15, -0.1) is 0 Å². The van der Waals surface area contributed by atoms with Gasteiger partial charge in [-0.3, -0.25) is 14.5 Å². The maximum atomic E-state index is 13.7. The number of rotatable bonds is 16. The van der Waals surface area contributed by atoms with Crippen molar-refractivity contribution < 1.29 is 46.9 Å². The number of fused-ring (bicyclic) bond motifs is 7. The maximum absolute atomic E-state index is 13.7. The number of nitrogens with zero attached hydrogens (tertiary/aromatic N) is 1. The molecule has 14 atom stereocenters. The van der Waals surface area contributed by atoms with Crippen molar-refractivity contribution in [2.75, 3.05) is 64.7 Å². The molecule has 6 saturated carbocycles. The van der Waals surface area contributed by atoms with Crippen molar-refractivity contribution in [2.24, 2.45) is 68.5 Å². The van der Waals surface area contributed by atoms with E-state index < -0.39 is 33.2 Å². The molecule has 1 saturated heterocycles. The summed E-state index contributed by atoms with van der Waals surface area (Å²) >= 11 is 0. The highest BCUT2D eigenvalue weighted by Crippen LogP contribution is 2.76. The van der Waals surface area contributed by atoms with E-state index >= 15 is 0 Å². The highest BCUT2D eigenvalue weighted by Gasteiger charge is 2.71. The molecule has 370 valence electrons. The Hall–Kier alpha value is -2.26. The lowest BCUT2D eigenvalue weighted by Gasteiger charge is -2.73. The number of carboxylic acid groups (broad SMARTS) is 1. The minimum atomic E-state index is -3.10. The Balaban J connectivity index is 1.07. The molecule has 0 radical (unpaired) electrons. The lowest BCUT2D eigenvalue weighted by Crippen LogP contribution is -2.69. The third kappa shape index (κ3) is 8.97. The van der Waals surface area contributed by atoms with Gasteiger partial charge in [0.25, 0.3) is 0 Å². The topological polar surface area (TPSA) is 170 Å². The van der Waals surface area contributed by atoms with Crippen LogP contribution in [0.4, 0.5) is 4.79 Å². The van der Waals surface area contributed by atoms with E-state index in [1.807, 2.05) is 20.8 Å². The second-order valence-corrected chi connectivity index (χ2v) is 26.2. The van der Waals surface area contributed by atoms with E-state index in [-0.39, 0.29) is 82.0 Å². The molecule has 7 aliphatic rings. The lowest BCUT2D eigenvalue weighted by molar-refractivity contribution is -0.248. The largest absolute Gasteiger partial charge is 0.481 e. The first-order chi connectivity index (χ1) is 30.4. The summed E-state index contributed by atoms with van der Waals surface area (Å²) in [6.07, 6.45) is 10.5. The Morgan fingerprint density at radius 1 is 0.815 bits per heavy atom. The molecule has 14 heteroatoms. The smallest absolute Gasteiger partial charge is 0.407 e. The van der Waals surface area contributed by atoms with Crippen molar-refractivity contribution in [2.45, 2.75) is 157 Å². The number of esters is 1. The molecule has 65 heavy (non-hydrogen) atoms. The number of carbonyl (C=O) groups excluding carboxylic acids is 2. The molecule has 0 bridgehead atoms. The fourth-order valence-electron chi connectivity index (χ4n) is 16.4. The van der Waals surface area contributed by atoms with Crippen molar-refractivity contribution in [1.82, 2.24) is 15.5 Å². The van der Waals surface area contributed by atoms with Gasteiger partial charge < -0.3 is 34.7 Å². The van der Waals surface area contributed by atoms with Crippen LogP contribution in [-0.4, -0.2) is 125 Å². The quantitative estimate of drug-likeness (QED) is 0.0792. The molecular weight excluding hydrogens is 847 g/mol. The predicted molar refractivity (Wildman–Crippen MR) is 251 cm³/mol. The number of hydrogen-bond donors (Lipinski definition) is 3. The highest BCUT2D eigenvalue weighted by molar-refractivity contribution is 7.91. The molecule has 7 rings (SSSR count). The second kappa shape index (κ2) is 18.6. The molecule has 7 fully saturated rings. The number of aliphatic carboxylic acids is 1. The summed E-state index contributed by atoms with van der Waals surface area (Å²) in [4.78, 5) is 40.9. The van der Waals surface area contributed by atoms with Gasteiger partial charge in [0.1, 0.15) is 12.7 Å². The number of nitrogens with one attached hydrogen (secondary N) is 2. The van der Waals surface area contributed by atoms with Gasteiger partial charge in [-0.2, -0.15) is 0 Å². The van der Waals surface area contributed by atoms with Crippen molar-refractivity contribution >= 4 is 27.9 Å². The number of carbonyl (C=O) groups is 3. The van der Waals surface area contributed by atoms with Gasteiger partial charge in [0, 0.05) is 49.8 Å². The molecule has 6 aliphatic carbocycles. The summed E-state index contributed by atoms with van der Waals surface area (Å²) < 4.78 is 47.7. The predicted octanol–water partition coefficient (Wildman–Crippen LogP) is 7.52. The summed E-state index contributed by atoms with van der Waals surface area (Å²) in [5, 5.41) is 17.1. The molecule has 0 aromatic rings. The molecule has 1 amide bonds. The van der Waals surface area contributed by atoms with Crippen LogP contribution in [0.3, 0.4) is 0 Å². The second-order valence-electron chi connectivity index (χ2n) is 23.9. The number of ether oxygens (including phenoxy) is 4. The number of sulfone groups is 1. The average molecular weight is 932 g/mol. The minimum Gasteiger partial charge on any atom is -0.481 e. The monoisotopic (exact) mass is 932 g/mol. The summed E-state index contributed by atoms with van der Waals surface area (Å²) in [6, 6.07) is -0.430. The highest BCUT2D eigenvalue weighted by atomic mass is 32.2. The van der Waals surface area contributed by atoms with Crippen LogP contribution >= 0.6 is 0 Å². The van der Waals surface area contributed by atoms with Crippen LogP contribution in [0.25, 0.3) is 0 Å². The SMILES string of the molecule is C=C(C)[C@@H]1CC[C@]2(NC[C@H]([C@@H](C)NC(=O)OCCOCCOC)N3CCS(=O)(=O)CC3)CC[C@]3(C)[C@H](CC[C@@H]4[C@@]5(C)CC[C@H](OC(=O)[C@H]6C[C@@H](C(=O)O)C6(C)C)C(C)(C)[C@@H]5CC[C@]43C)[C@@H]12. The molecule has 0 aromatic heterocycles. The first-order valence-corrected chi connectivity index (χ1v) is 27.0. The fourth-order valence-corrected chi connectivity index (χ4v) is 17.6. The normalized spacial score (nSPS) is 41.2. The van der Waals surface area contributed by atoms with E-state index in [9.17, 15) is 27.9 Å². The summed E-state index contributed by atoms with van der Waals surface area (Å²) in [6.45, 7) is 28.0. The van der Waals surface area contributed by atoms with E-state index in [1.54, 1.807) is 7.11 Å². The number of carboxylic acids is 1. The summed E-state index contributed by atoms with van der Waals surface area (Å²) in [5.41, 5.74) is 0.705. The van der Waals surface area contributed by atoms with E-state index in [0.717, 1.165) is 51.4 Å². The molecule has 0 spiro atoms. The van der Waals surface area contributed by atoms with Crippen molar-refractivity contribution in [1.29, 1.82) is 0 Å². The number of hydrogen-bond acceptors (Lipinski definition) is 11. The fraction of sp³-hybridized carbons (Fsp3) is 0.902. The van der Waals surface area contributed by atoms with Gasteiger partial charge in [-0.05, 0) is 136 Å². The third-order valence-corrected chi connectivity index (χ3v) is 22.1.